The second-order valence-corrected chi connectivity index (χ2v) is 7.67. The number of nitrogens with one attached hydrogen (secondary N) is 2. The predicted octanol–water partition coefficient (Wildman–Crippen LogP) is 2.82. The van der Waals surface area contributed by atoms with E-state index in [-0.39, 0.29) is 17.0 Å². The second kappa shape index (κ2) is 8.64. The molecule has 0 aliphatic rings. The van der Waals surface area contributed by atoms with E-state index in [1.54, 1.807) is 54.9 Å². The fourth-order valence-electron chi connectivity index (χ4n) is 2.47. The van der Waals surface area contributed by atoms with Crippen LogP contribution in [0.1, 0.15) is 15.9 Å². The number of carbonyl (C=O) groups excluding carboxylic acids is 1. The number of benzene rings is 2. The standard InChI is InChI=1S/C20H19N3O4S/c1-27-18-8-3-7-17(12-18)23-20(24)16-6-2-9-19(11-16)28(25,26)22-14-15-5-4-10-21-13-15/h2-13,22H,14H2,1H3,(H,23,24). The van der Waals surface area contributed by atoms with Crippen LogP contribution in [-0.4, -0.2) is 26.4 Å². The van der Waals surface area contributed by atoms with E-state index in [2.05, 4.69) is 15.0 Å². The first kappa shape index (κ1) is 19.5. The molecule has 0 atom stereocenters. The summed E-state index contributed by atoms with van der Waals surface area (Å²) < 4.78 is 32.7. The number of anilines is 1. The van der Waals surface area contributed by atoms with Gasteiger partial charge in [-0.25, -0.2) is 13.1 Å². The van der Waals surface area contributed by atoms with Crippen LogP contribution in [0.25, 0.3) is 0 Å². The van der Waals surface area contributed by atoms with E-state index in [0.717, 1.165) is 5.56 Å². The van der Waals surface area contributed by atoms with Crippen LogP contribution in [0, 0.1) is 0 Å². The number of aromatic nitrogens is 1. The molecule has 3 aromatic rings. The Hall–Kier alpha value is -3.23. The van der Waals surface area contributed by atoms with Crippen molar-refractivity contribution < 1.29 is 17.9 Å². The van der Waals surface area contributed by atoms with Crippen molar-refractivity contribution in [3.05, 3.63) is 84.2 Å². The van der Waals surface area contributed by atoms with Gasteiger partial charge < -0.3 is 10.1 Å². The van der Waals surface area contributed by atoms with Crippen molar-refractivity contribution in [2.75, 3.05) is 12.4 Å². The zero-order valence-electron chi connectivity index (χ0n) is 15.1. The SMILES string of the molecule is COc1cccc(NC(=O)c2cccc(S(=O)(=O)NCc3cccnc3)c2)c1. The number of ether oxygens (including phenoxy) is 1. The summed E-state index contributed by atoms with van der Waals surface area (Å²) in [5.41, 5.74) is 1.51. The Labute approximate surface area is 163 Å². The molecule has 2 aromatic carbocycles. The molecular formula is C20H19N3O4S. The minimum absolute atomic E-state index is 0.00897. The van der Waals surface area contributed by atoms with E-state index in [0.29, 0.717) is 11.4 Å². The number of amides is 1. The maximum atomic E-state index is 12.5. The monoisotopic (exact) mass is 397 g/mol. The Bertz CT molecular complexity index is 1070. The van der Waals surface area contributed by atoms with Crippen molar-refractivity contribution in [3.63, 3.8) is 0 Å². The highest BCUT2D eigenvalue weighted by atomic mass is 32.2. The number of hydrogen-bond donors (Lipinski definition) is 2. The van der Waals surface area contributed by atoms with Gasteiger partial charge in [0.15, 0.2) is 0 Å². The van der Waals surface area contributed by atoms with Gasteiger partial charge >= 0.3 is 0 Å². The summed E-state index contributed by atoms with van der Waals surface area (Å²) in [6.07, 6.45) is 3.20. The van der Waals surface area contributed by atoms with Crippen molar-refractivity contribution in [1.82, 2.24) is 9.71 Å². The number of nitrogens with zero attached hydrogens (tertiary/aromatic N) is 1. The first-order valence-corrected chi connectivity index (χ1v) is 9.90. The molecule has 0 bridgehead atoms. The Balaban J connectivity index is 1.74. The topological polar surface area (TPSA) is 97.4 Å². The summed E-state index contributed by atoms with van der Waals surface area (Å²) in [4.78, 5) is 16.5. The Morgan fingerprint density at radius 2 is 1.89 bits per heavy atom. The van der Waals surface area contributed by atoms with Gasteiger partial charge in [-0.15, -0.1) is 0 Å². The van der Waals surface area contributed by atoms with E-state index >= 15 is 0 Å². The summed E-state index contributed by atoms with van der Waals surface area (Å²) in [5, 5.41) is 2.73. The molecule has 0 aliphatic carbocycles. The highest BCUT2D eigenvalue weighted by molar-refractivity contribution is 7.89. The van der Waals surface area contributed by atoms with E-state index in [9.17, 15) is 13.2 Å². The molecule has 144 valence electrons. The molecule has 1 heterocycles. The van der Waals surface area contributed by atoms with Crippen molar-refractivity contribution in [2.45, 2.75) is 11.4 Å². The van der Waals surface area contributed by atoms with Crippen LogP contribution in [0.15, 0.2) is 78.0 Å². The van der Waals surface area contributed by atoms with Crippen LogP contribution in [-0.2, 0) is 16.6 Å². The lowest BCUT2D eigenvalue weighted by Crippen LogP contribution is -2.23. The summed E-state index contributed by atoms with van der Waals surface area (Å²) in [6, 6.07) is 16.3. The largest absolute Gasteiger partial charge is 0.497 e. The minimum Gasteiger partial charge on any atom is -0.497 e. The zero-order chi connectivity index (χ0) is 20.0. The third kappa shape index (κ3) is 4.93. The van der Waals surface area contributed by atoms with E-state index < -0.39 is 15.9 Å². The maximum absolute atomic E-state index is 12.5. The van der Waals surface area contributed by atoms with Gasteiger partial charge in [0.1, 0.15) is 5.75 Å². The second-order valence-electron chi connectivity index (χ2n) is 5.90. The lowest BCUT2D eigenvalue weighted by molar-refractivity contribution is 0.102. The lowest BCUT2D eigenvalue weighted by atomic mass is 10.2. The van der Waals surface area contributed by atoms with E-state index in [1.807, 2.05) is 0 Å². The number of hydrogen-bond acceptors (Lipinski definition) is 5. The lowest BCUT2D eigenvalue weighted by Gasteiger charge is -2.10. The minimum atomic E-state index is -3.78. The van der Waals surface area contributed by atoms with Gasteiger partial charge in [-0.1, -0.05) is 18.2 Å². The number of methoxy groups -OCH3 is 1. The van der Waals surface area contributed by atoms with E-state index in [4.69, 9.17) is 4.74 Å². The van der Waals surface area contributed by atoms with Gasteiger partial charge in [0, 0.05) is 36.3 Å². The number of rotatable bonds is 7. The normalized spacial score (nSPS) is 11.0. The van der Waals surface area contributed by atoms with Crippen molar-refractivity contribution in [2.24, 2.45) is 0 Å². The highest BCUT2D eigenvalue weighted by Gasteiger charge is 2.16. The third-order valence-electron chi connectivity index (χ3n) is 3.92. The van der Waals surface area contributed by atoms with Gasteiger partial charge in [-0.2, -0.15) is 0 Å². The highest BCUT2D eigenvalue weighted by Crippen LogP contribution is 2.18. The molecule has 3 rings (SSSR count). The summed E-state index contributed by atoms with van der Waals surface area (Å²) >= 11 is 0. The quantitative estimate of drug-likeness (QED) is 0.639. The Morgan fingerprint density at radius 1 is 1.07 bits per heavy atom. The average Bonchev–Trinajstić information content (AvgIpc) is 2.73. The van der Waals surface area contributed by atoms with Gasteiger partial charge in [0.2, 0.25) is 10.0 Å². The first-order valence-electron chi connectivity index (χ1n) is 8.42. The molecule has 0 aliphatic heterocycles. The van der Waals surface area contributed by atoms with Crippen LogP contribution >= 0.6 is 0 Å². The molecule has 0 unspecified atom stereocenters. The fourth-order valence-corrected chi connectivity index (χ4v) is 3.54. The van der Waals surface area contributed by atoms with Crippen molar-refractivity contribution >= 4 is 21.6 Å². The Kier molecular flexibility index (Phi) is 6.03. The molecule has 1 aromatic heterocycles. The fraction of sp³-hybridized carbons (Fsp3) is 0.100. The zero-order valence-corrected chi connectivity index (χ0v) is 15.9. The molecule has 0 saturated carbocycles. The molecule has 28 heavy (non-hydrogen) atoms. The van der Waals surface area contributed by atoms with Crippen LogP contribution < -0.4 is 14.8 Å². The molecule has 7 nitrogen and oxygen atoms in total. The first-order chi connectivity index (χ1) is 13.5. The summed E-state index contributed by atoms with van der Waals surface area (Å²) in [7, 11) is -2.24. The predicted molar refractivity (Wildman–Crippen MR) is 106 cm³/mol. The van der Waals surface area contributed by atoms with Gasteiger partial charge in [0.25, 0.3) is 5.91 Å². The van der Waals surface area contributed by atoms with Crippen LogP contribution in [0.5, 0.6) is 5.75 Å². The molecule has 0 saturated heterocycles. The van der Waals surface area contributed by atoms with Gasteiger partial charge in [-0.3, -0.25) is 9.78 Å². The molecule has 1 amide bonds. The van der Waals surface area contributed by atoms with Gasteiger partial charge in [-0.05, 0) is 42.0 Å². The molecule has 8 heteroatoms. The molecule has 0 spiro atoms. The van der Waals surface area contributed by atoms with Crippen LogP contribution in [0.4, 0.5) is 5.69 Å². The van der Waals surface area contributed by atoms with Crippen LogP contribution in [0.3, 0.4) is 0 Å². The summed E-state index contributed by atoms with van der Waals surface area (Å²) in [6.45, 7) is 0.108. The molecule has 0 fully saturated rings. The van der Waals surface area contributed by atoms with Gasteiger partial charge in [0.05, 0.1) is 12.0 Å². The summed E-state index contributed by atoms with van der Waals surface area (Å²) in [5.74, 6) is 0.186. The number of sulfonamides is 1. The Morgan fingerprint density at radius 3 is 2.64 bits per heavy atom. The van der Waals surface area contributed by atoms with Crippen molar-refractivity contribution in [1.29, 1.82) is 0 Å². The molecule has 2 N–H and O–H groups in total. The van der Waals surface area contributed by atoms with Crippen LogP contribution in [0.2, 0.25) is 0 Å². The third-order valence-corrected chi connectivity index (χ3v) is 5.32. The number of carbonyl (C=O) groups is 1. The smallest absolute Gasteiger partial charge is 0.255 e. The molecular weight excluding hydrogens is 378 g/mol. The molecule has 0 radical (unpaired) electrons. The van der Waals surface area contributed by atoms with Crippen molar-refractivity contribution in [3.8, 4) is 5.75 Å². The number of pyridine rings is 1. The maximum Gasteiger partial charge on any atom is 0.255 e. The average molecular weight is 397 g/mol. The van der Waals surface area contributed by atoms with E-state index in [1.165, 1.54) is 25.3 Å².